The van der Waals surface area contributed by atoms with Gasteiger partial charge in [0.2, 0.25) is 6.79 Å². The highest BCUT2D eigenvalue weighted by atomic mass is 16.7. The first-order valence-corrected chi connectivity index (χ1v) is 11.4. The molecule has 2 aromatic carbocycles. The molecule has 170 valence electrons. The molecule has 6 nitrogen and oxygen atoms in total. The van der Waals surface area contributed by atoms with E-state index in [1.165, 1.54) is 0 Å². The highest BCUT2D eigenvalue weighted by molar-refractivity contribution is 6.04. The molecule has 2 aromatic rings. The van der Waals surface area contributed by atoms with E-state index in [9.17, 15) is 9.59 Å². The van der Waals surface area contributed by atoms with Gasteiger partial charge in [-0.1, -0.05) is 43.3 Å². The molecule has 0 fully saturated rings. The summed E-state index contributed by atoms with van der Waals surface area (Å²) in [6, 6.07) is 15.7. The number of allylic oxidation sites excluding steroid dienone is 3. The summed E-state index contributed by atoms with van der Waals surface area (Å²) >= 11 is 0. The van der Waals surface area contributed by atoms with Crippen LogP contribution in [0.2, 0.25) is 0 Å². The van der Waals surface area contributed by atoms with E-state index in [0.29, 0.717) is 42.1 Å². The van der Waals surface area contributed by atoms with Crippen molar-refractivity contribution in [1.29, 1.82) is 0 Å². The quantitative estimate of drug-likeness (QED) is 0.671. The van der Waals surface area contributed by atoms with E-state index in [2.05, 4.69) is 17.4 Å². The highest BCUT2D eigenvalue weighted by Gasteiger charge is 2.41. The van der Waals surface area contributed by atoms with Gasteiger partial charge in [0.1, 0.15) is 0 Å². The van der Waals surface area contributed by atoms with Gasteiger partial charge in [0, 0.05) is 29.3 Å². The summed E-state index contributed by atoms with van der Waals surface area (Å²) in [5.41, 5.74) is 4.70. The molecule has 0 amide bonds. The molecule has 0 aromatic heterocycles. The summed E-state index contributed by atoms with van der Waals surface area (Å²) in [6.45, 7) is 4.33. The average molecular weight is 446 g/mol. The van der Waals surface area contributed by atoms with Crippen molar-refractivity contribution in [2.75, 3.05) is 13.4 Å². The molecule has 1 N–H and O–H groups in total. The molecule has 0 saturated carbocycles. The van der Waals surface area contributed by atoms with Crippen LogP contribution in [0.3, 0.4) is 0 Å². The largest absolute Gasteiger partial charge is 0.462 e. The summed E-state index contributed by atoms with van der Waals surface area (Å²) in [5, 5.41) is 3.39. The van der Waals surface area contributed by atoms with Crippen molar-refractivity contribution in [3.8, 4) is 11.5 Å². The van der Waals surface area contributed by atoms with E-state index >= 15 is 0 Å². The number of benzene rings is 2. The van der Waals surface area contributed by atoms with Crippen molar-refractivity contribution >= 4 is 11.8 Å². The van der Waals surface area contributed by atoms with Gasteiger partial charge in [0.05, 0.1) is 12.2 Å². The Kier molecular flexibility index (Phi) is 5.67. The minimum Gasteiger partial charge on any atom is -0.462 e. The predicted molar refractivity (Wildman–Crippen MR) is 123 cm³/mol. The standard InChI is InChI=1S/C27H27NO5/c1-3-11-31-27(30)24-16(2)28-20-12-19(17-7-5-4-6-8-17)13-21(29)26(20)25(24)18-9-10-22-23(14-18)33-15-32-22/h4-10,14,19,25,28H,3,11-13,15H2,1-2H3. The topological polar surface area (TPSA) is 73.9 Å². The molecule has 2 aliphatic heterocycles. The van der Waals surface area contributed by atoms with Gasteiger partial charge in [0.15, 0.2) is 17.3 Å². The first-order chi connectivity index (χ1) is 16.1. The number of carbonyl (C=O) groups is 2. The van der Waals surface area contributed by atoms with E-state index in [-0.39, 0.29) is 18.5 Å². The van der Waals surface area contributed by atoms with Gasteiger partial charge in [-0.25, -0.2) is 4.79 Å². The zero-order chi connectivity index (χ0) is 22.9. The smallest absolute Gasteiger partial charge is 0.336 e. The number of esters is 1. The zero-order valence-corrected chi connectivity index (χ0v) is 18.9. The Bertz CT molecular complexity index is 1160. The second-order valence-electron chi connectivity index (χ2n) is 8.68. The summed E-state index contributed by atoms with van der Waals surface area (Å²) in [7, 11) is 0. The lowest BCUT2D eigenvalue weighted by molar-refractivity contribution is -0.139. The van der Waals surface area contributed by atoms with Crippen molar-refractivity contribution in [2.45, 2.75) is 44.9 Å². The van der Waals surface area contributed by atoms with Crippen molar-refractivity contribution in [3.05, 3.63) is 82.2 Å². The van der Waals surface area contributed by atoms with Gasteiger partial charge < -0.3 is 19.5 Å². The van der Waals surface area contributed by atoms with Crippen LogP contribution < -0.4 is 14.8 Å². The molecule has 0 bridgehead atoms. The Morgan fingerprint density at radius 1 is 1.06 bits per heavy atom. The fourth-order valence-electron chi connectivity index (χ4n) is 4.97. The lowest BCUT2D eigenvalue weighted by Crippen LogP contribution is -2.36. The molecular formula is C27H27NO5. The van der Waals surface area contributed by atoms with E-state index in [0.717, 1.165) is 28.9 Å². The molecule has 6 heteroatoms. The van der Waals surface area contributed by atoms with E-state index in [1.807, 2.05) is 50.2 Å². The number of carbonyl (C=O) groups excluding carboxylic acids is 2. The van der Waals surface area contributed by atoms with E-state index in [4.69, 9.17) is 14.2 Å². The summed E-state index contributed by atoms with van der Waals surface area (Å²) in [4.78, 5) is 26.7. The average Bonchev–Trinajstić information content (AvgIpc) is 3.30. The van der Waals surface area contributed by atoms with Crippen LogP contribution in [-0.2, 0) is 14.3 Å². The normalized spacial score (nSPS) is 21.6. The first kappa shape index (κ1) is 21.3. The van der Waals surface area contributed by atoms with Crippen LogP contribution in [0, 0.1) is 0 Å². The fourth-order valence-corrected chi connectivity index (χ4v) is 4.97. The van der Waals surface area contributed by atoms with Crippen LogP contribution in [-0.4, -0.2) is 25.2 Å². The lowest BCUT2D eigenvalue weighted by Gasteiger charge is -2.36. The van der Waals surface area contributed by atoms with Crippen LogP contribution in [0.25, 0.3) is 0 Å². The molecule has 2 heterocycles. The minimum absolute atomic E-state index is 0.0496. The molecule has 2 atom stereocenters. The molecule has 0 spiro atoms. The second-order valence-corrected chi connectivity index (χ2v) is 8.68. The predicted octanol–water partition coefficient (Wildman–Crippen LogP) is 4.73. The van der Waals surface area contributed by atoms with Gasteiger partial charge in [-0.05, 0) is 48.9 Å². The number of hydrogen-bond donors (Lipinski definition) is 1. The molecule has 1 aliphatic carbocycles. The number of dihydropyridines is 1. The summed E-state index contributed by atoms with van der Waals surface area (Å²) in [5.74, 6) is 0.532. The number of hydrogen-bond acceptors (Lipinski definition) is 6. The van der Waals surface area contributed by atoms with Crippen LogP contribution >= 0.6 is 0 Å². The van der Waals surface area contributed by atoms with Crippen LogP contribution in [0.1, 0.15) is 56.1 Å². The molecule has 0 radical (unpaired) electrons. The van der Waals surface area contributed by atoms with Crippen LogP contribution in [0.4, 0.5) is 0 Å². The Hall–Kier alpha value is -3.54. The zero-order valence-electron chi connectivity index (χ0n) is 18.9. The maximum absolute atomic E-state index is 13.6. The molecule has 0 saturated heterocycles. The number of ether oxygens (including phenoxy) is 3. The third-order valence-electron chi connectivity index (χ3n) is 6.49. The lowest BCUT2D eigenvalue weighted by atomic mass is 9.71. The molecule has 2 unspecified atom stereocenters. The third kappa shape index (κ3) is 3.90. The summed E-state index contributed by atoms with van der Waals surface area (Å²) < 4.78 is 16.6. The number of ketones is 1. The Morgan fingerprint density at radius 2 is 1.85 bits per heavy atom. The fraction of sp³-hybridized carbons (Fsp3) is 0.333. The number of fused-ring (bicyclic) bond motifs is 1. The first-order valence-electron chi connectivity index (χ1n) is 11.4. The number of Topliss-reactive ketones (excluding diaryl/α,β-unsaturated/α-hetero) is 1. The highest BCUT2D eigenvalue weighted by Crippen LogP contribution is 2.47. The Balaban J connectivity index is 1.58. The third-order valence-corrected chi connectivity index (χ3v) is 6.49. The SMILES string of the molecule is CCCOC(=O)C1=C(C)NC2=C(C(=O)CC(c3ccccc3)C2)C1c1ccc2c(c1)OCO2. The second kappa shape index (κ2) is 8.77. The Labute approximate surface area is 193 Å². The Morgan fingerprint density at radius 3 is 2.64 bits per heavy atom. The van der Waals surface area contributed by atoms with Gasteiger partial charge in [-0.3, -0.25) is 4.79 Å². The molecule has 3 aliphatic rings. The van der Waals surface area contributed by atoms with Crippen molar-refractivity contribution in [2.24, 2.45) is 0 Å². The monoisotopic (exact) mass is 445 g/mol. The molecular weight excluding hydrogens is 418 g/mol. The van der Waals surface area contributed by atoms with Gasteiger partial charge in [-0.2, -0.15) is 0 Å². The van der Waals surface area contributed by atoms with E-state index in [1.54, 1.807) is 0 Å². The minimum atomic E-state index is -0.510. The van der Waals surface area contributed by atoms with Gasteiger partial charge in [0.25, 0.3) is 0 Å². The van der Waals surface area contributed by atoms with E-state index < -0.39 is 11.9 Å². The van der Waals surface area contributed by atoms with Gasteiger partial charge >= 0.3 is 5.97 Å². The maximum atomic E-state index is 13.6. The number of nitrogens with one attached hydrogen (secondary N) is 1. The van der Waals surface area contributed by atoms with Crippen LogP contribution in [0.15, 0.2) is 71.1 Å². The van der Waals surface area contributed by atoms with Gasteiger partial charge in [-0.15, -0.1) is 0 Å². The van der Waals surface area contributed by atoms with Crippen molar-refractivity contribution in [3.63, 3.8) is 0 Å². The number of rotatable bonds is 5. The molecule has 33 heavy (non-hydrogen) atoms. The maximum Gasteiger partial charge on any atom is 0.336 e. The van der Waals surface area contributed by atoms with Crippen LogP contribution in [0.5, 0.6) is 11.5 Å². The van der Waals surface area contributed by atoms with Crippen molar-refractivity contribution < 1.29 is 23.8 Å². The summed E-state index contributed by atoms with van der Waals surface area (Å²) in [6.07, 6.45) is 1.84. The van der Waals surface area contributed by atoms with Crippen molar-refractivity contribution in [1.82, 2.24) is 5.32 Å². The molecule has 5 rings (SSSR count).